The summed E-state index contributed by atoms with van der Waals surface area (Å²) < 4.78 is 5.43. The lowest BCUT2D eigenvalue weighted by atomic mass is 10.2. The number of amides is 1. The smallest absolute Gasteiger partial charge is 0.249 e. The zero-order valence-corrected chi connectivity index (χ0v) is 8.80. The first kappa shape index (κ1) is 11.1. The van der Waals surface area contributed by atoms with Crippen LogP contribution in [-0.2, 0) is 9.53 Å². The van der Waals surface area contributed by atoms with Gasteiger partial charge in [0, 0.05) is 13.0 Å². The lowest BCUT2D eigenvalue weighted by Crippen LogP contribution is -2.35. The second-order valence-corrected chi connectivity index (χ2v) is 3.48. The third kappa shape index (κ3) is 3.39. The molecule has 0 bridgehead atoms. The second-order valence-electron chi connectivity index (χ2n) is 3.48. The summed E-state index contributed by atoms with van der Waals surface area (Å²) in [4.78, 5) is 11.5. The van der Waals surface area contributed by atoms with Crippen LogP contribution in [0, 0.1) is 11.8 Å². The number of carbonyl (C=O) groups is 1. The van der Waals surface area contributed by atoms with Crippen molar-refractivity contribution in [1.29, 1.82) is 0 Å². The summed E-state index contributed by atoms with van der Waals surface area (Å²) in [7, 11) is 0. The fourth-order valence-corrected chi connectivity index (χ4v) is 1.48. The zero-order valence-electron chi connectivity index (χ0n) is 8.80. The van der Waals surface area contributed by atoms with Crippen LogP contribution in [0.25, 0.3) is 0 Å². The average molecular weight is 195 g/mol. The highest BCUT2D eigenvalue weighted by Crippen LogP contribution is 2.18. The van der Waals surface area contributed by atoms with Gasteiger partial charge < -0.3 is 10.1 Å². The molecule has 1 aliphatic heterocycles. The molecule has 1 aliphatic rings. The molecule has 2 atom stereocenters. The molecule has 1 N–H and O–H groups in total. The molecule has 0 aromatic heterocycles. The van der Waals surface area contributed by atoms with E-state index in [2.05, 4.69) is 17.2 Å². The molecule has 1 fully saturated rings. The quantitative estimate of drug-likeness (QED) is 0.540. The summed E-state index contributed by atoms with van der Waals surface area (Å²) in [6.45, 7) is 4.41. The van der Waals surface area contributed by atoms with Gasteiger partial charge in [-0.25, -0.2) is 0 Å². The van der Waals surface area contributed by atoms with Crippen molar-refractivity contribution in [1.82, 2.24) is 5.32 Å². The number of hydrogen-bond donors (Lipinski definition) is 1. The van der Waals surface area contributed by atoms with Crippen LogP contribution in [0.1, 0.15) is 33.1 Å². The minimum Gasteiger partial charge on any atom is -0.365 e. The van der Waals surface area contributed by atoms with E-state index in [1.54, 1.807) is 6.92 Å². The first-order valence-electron chi connectivity index (χ1n) is 5.07. The Morgan fingerprint density at radius 3 is 2.93 bits per heavy atom. The third-order valence-electron chi connectivity index (χ3n) is 2.25. The van der Waals surface area contributed by atoms with Crippen molar-refractivity contribution in [2.45, 2.75) is 45.3 Å². The molecule has 0 aromatic rings. The maximum absolute atomic E-state index is 11.5. The first-order chi connectivity index (χ1) is 6.74. The average Bonchev–Trinajstić information content (AvgIpc) is 2.59. The number of ether oxygens (including phenoxy) is 1. The highest BCUT2D eigenvalue weighted by Gasteiger charge is 2.27. The monoisotopic (exact) mass is 195 g/mol. The third-order valence-corrected chi connectivity index (χ3v) is 2.25. The Bertz CT molecular complexity index is 252. The second kappa shape index (κ2) is 5.66. The fourth-order valence-electron chi connectivity index (χ4n) is 1.48. The molecule has 0 aromatic carbocycles. The van der Waals surface area contributed by atoms with E-state index in [-0.39, 0.29) is 18.1 Å². The van der Waals surface area contributed by atoms with Crippen LogP contribution >= 0.6 is 0 Å². The van der Waals surface area contributed by atoms with Crippen LogP contribution in [0.3, 0.4) is 0 Å². The Labute approximate surface area is 85.2 Å². The Balaban J connectivity index is 2.17. The van der Waals surface area contributed by atoms with Gasteiger partial charge in [-0.1, -0.05) is 0 Å². The van der Waals surface area contributed by atoms with Gasteiger partial charge in [-0.3, -0.25) is 4.79 Å². The molecule has 0 aliphatic carbocycles. The van der Waals surface area contributed by atoms with E-state index in [4.69, 9.17) is 4.74 Å². The van der Waals surface area contributed by atoms with E-state index in [0.717, 1.165) is 12.8 Å². The van der Waals surface area contributed by atoms with Crippen molar-refractivity contribution < 1.29 is 9.53 Å². The Morgan fingerprint density at radius 2 is 2.36 bits per heavy atom. The van der Waals surface area contributed by atoms with Crippen LogP contribution < -0.4 is 5.32 Å². The number of rotatable bonds is 3. The van der Waals surface area contributed by atoms with Crippen molar-refractivity contribution in [3.05, 3.63) is 0 Å². The van der Waals surface area contributed by atoms with Gasteiger partial charge in [0.1, 0.15) is 6.10 Å². The van der Waals surface area contributed by atoms with E-state index in [1.807, 2.05) is 6.92 Å². The van der Waals surface area contributed by atoms with E-state index in [0.29, 0.717) is 13.0 Å². The Hall–Kier alpha value is -1.01. The standard InChI is InChI=1S/C11H17NO2/c1-3-4-5-8-12-11(13)10-7-6-9(2)14-10/h9-10H,5-8H2,1-2H3,(H,12,13). The first-order valence-corrected chi connectivity index (χ1v) is 5.07. The largest absolute Gasteiger partial charge is 0.365 e. The summed E-state index contributed by atoms with van der Waals surface area (Å²) >= 11 is 0. The van der Waals surface area contributed by atoms with Crippen molar-refractivity contribution in [2.24, 2.45) is 0 Å². The lowest BCUT2D eigenvalue weighted by Gasteiger charge is -2.10. The molecule has 14 heavy (non-hydrogen) atoms. The van der Waals surface area contributed by atoms with Crippen molar-refractivity contribution >= 4 is 5.91 Å². The molecule has 3 nitrogen and oxygen atoms in total. The normalized spacial score (nSPS) is 25.3. The van der Waals surface area contributed by atoms with E-state index in [1.165, 1.54) is 0 Å². The van der Waals surface area contributed by atoms with Crippen molar-refractivity contribution in [2.75, 3.05) is 6.54 Å². The van der Waals surface area contributed by atoms with Crippen LogP contribution in [-0.4, -0.2) is 24.7 Å². The number of carbonyl (C=O) groups excluding carboxylic acids is 1. The Morgan fingerprint density at radius 1 is 1.57 bits per heavy atom. The Kier molecular flexibility index (Phi) is 4.48. The van der Waals surface area contributed by atoms with Gasteiger partial charge in [0.2, 0.25) is 5.91 Å². The van der Waals surface area contributed by atoms with Gasteiger partial charge in [0.15, 0.2) is 0 Å². The van der Waals surface area contributed by atoms with Crippen molar-refractivity contribution in [3.63, 3.8) is 0 Å². The van der Waals surface area contributed by atoms with Gasteiger partial charge in [-0.05, 0) is 26.7 Å². The van der Waals surface area contributed by atoms with Gasteiger partial charge in [-0.2, -0.15) is 0 Å². The van der Waals surface area contributed by atoms with Gasteiger partial charge in [-0.15, -0.1) is 11.8 Å². The summed E-state index contributed by atoms with van der Waals surface area (Å²) in [5.74, 6) is 5.69. The van der Waals surface area contributed by atoms with Crippen LogP contribution in [0.15, 0.2) is 0 Å². The number of nitrogens with one attached hydrogen (secondary N) is 1. The van der Waals surface area contributed by atoms with Crippen molar-refractivity contribution in [3.8, 4) is 11.8 Å². The molecule has 1 rings (SSSR count). The summed E-state index contributed by atoms with van der Waals surface area (Å²) in [5, 5.41) is 2.81. The molecule has 78 valence electrons. The highest BCUT2D eigenvalue weighted by molar-refractivity contribution is 5.80. The lowest BCUT2D eigenvalue weighted by molar-refractivity contribution is -0.131. The molecular weight excluding hydrogens is 178 g/mol. The van der Waals surface area contributed by atoms with Gasteiger partial charge >= 0.3 is 0 Å². The molecule has 3 heteroatoms. The van der Waals surface area contributed by atoms with E-state index in [9.17, 15) is 4.79 Å². The molecule has 1 saturated heterocycles. The number of hydrogen-bond acceptors (Lipinski definition) is 2. The predicted octanol–water partition coefficient (Wildman–Crippen LogP) is 1.08. The van der Waals surface area contributed by atoms with Gasteiger partial charge in [0.25, 0.3) is 0 Å². The van der Waals surface area contributed by atoms with Crippen LogP contribution in [0.5, 0.6) is 0 Å². The predicted molar refractivity (Wildman–Crippen MR) is 54.6 cm³/mol. The van der Waals surface area contributed by atoms with E-state index >= 15 is 0 Å². The molecule has 1 amide bonds. The van der Waals surface area contributed by atoms with Crippen LogP contribution in [0.2, 0.25) is 0 Å². The molecule has 2 unspecified atom stereocenters. The zero-order chi connectivity index (χ0) is 10.4. The topological polar surface area (TPSA) is 38.3 Å². The summed E-state index contributed by atoms with van der Waals surface area (Å²) in [6, 6.07) is 0. The minimum absolute atomic E-state index is 0.00672. The van der Waals surface area contributed by atoms with Crippen LogP contribution in [0.4, 0.5) is 0 Å². The molecule has 0 radical (unpaired) electrons. The summed E-state index contributed by atoms with van der Waals surface area (Å²) in [5.41, 5.74) is 0. The maximum atomic E-state index is 11.5. The molecule has 0 spiro atoms. The molecule has 0 saturated carbocycles. The minimum atomic E-state index is -0.236. The van der Waals surface area contributed by atoms with Gasteiger partial charge in [0.05, 0.1) is 6.10 Å². The van der Waals surface area contributed by atoms with E-state index < -0.39 is 0 Å². The molecular formula is C11H17NO2. The molecule has 1 heterocycles. The maximum Gasteiger partial charge on any atom is 0.249 e. The highest BCUT2D eigenvalue weighted by atomic mass is 16.5. The fraction of sp³-hybridized carbons (Fsp3) is 0.727. The SMILES string of the molecule is CC#CCCNC(=O)C1CCC(C)O1. The summed E-state index contributed by atoms with van der Waals surface area (Å²) in [6.07, 6.45) is 2.52.